The van der Waals surface area contributed by atoms with Crippen LogP contribution in [0.2, 0.25) is 0 Å². The highest BCUT2D eigenvalue weighted by atomic mass is 19.2. The van der Waals surface area contributed by atoms with E-state index in [1.165, 1.54) is 12.3 Å². The Labute approximate surface area is 125 Å². The number of aryl methyl sites for hydroxylation is 1. The molecule has 2 rings (SSSR count). The number of hydrogen-bond acceptors (Lipinski definition) is 3. The summed E-state index contributed by atoms with van der Waals surface area (Å²) in [5.74, 6) is -2.04. The first-order valence-corrected chi connectivity index (χ1v) is 6.70. The molecule has 0 bridgehead atoms. The number of halogens is 2. The minimum absolute atomic E-state index is 0.140. The van der Waals surface area contributed by atoms with Crippen LogP contribution in [0.3, 0.4) is 0 Å². The van der Waals surface area contributed by atoms with Crippen LogP contribution in [-0.2, 0) is 6.54 Å². The molecule has 118 valence electrons. The molecule has 0 aliphatic heterocycles. The van der Waals surface area contributed by atoms with Gasteiger partial charge in [-0.3, -0.25) is 4.68 Å². The van der Waals surface area contributed by atoms with Crippen LogP contribution in [0, 0.1) is 11.6 Å². The number of aliphatic hydroxyl groups excluding tert-OH is 1. The molecule has 8 heteroatoms. The second-order valence-electron chi connectivity index (χ2n) is 4.61. The van der Waals surface area contributed by atoms with Gasteiger partial charge in [-0.15, -0.1) is 0 Å². The molecule has 2 aromatic rings. The molecule has 0 saturated heterocycles. The van der Waals surface area contributed by atoms with E-state index < -0.39 is 23.8 Å². The van der Waals surface area contributed by atoms with Crippen molar-refractivity contribution in [2.45, 2.75) is 19.6 Å². The maximum Gasteiger partial charge on any atom is 0.319 e. The zero-order chi connectivity index (χ0) is 16.1. The Morgan fingerprint density at radius 2 is 2.18 bits per heavy atom. The van der Waals surface area contributed by atoms with E-state index in [1.54, 1.807) is 10.9 Å². The SMILES string of the molecule is CCn1cc(NC(=O)NC[C@@H](O)c2ccc(F)c(F)c2)cn1. The summed E-state index contributed by atoms with van der Waals surface area (Å²) in [7, 11) is 0. The lowest BCUT2D eigenvalue weighted by Crippen LogP contribution is -2.32. The van der Waals surface area contributed by atoms with Gasteiger partial charge < -0.3 is 15.7 Å². The molecule has 0 saturated carbocycles. The molecule has 1 aromatic carbocycles. The van der Waals surface area contributed by atoms with Gasteiger partial charge in [0, 0.05) is 19.3 Å². The van der Waals surface area contributed by atoms with Gasteiger partial charge in [-0.05, 0) is 24.6 Å². The fourth-order valence-corrected chi connectivity index (χ4v) is 1.80. The van der Waals surface area contributed by atoms with E-state index in [0.717, 1.165) is 12.1 Å². The standard InChI is InChI=1S/C14H16F2N4O2/c1-2-20-8-10(6-18-20)19-14(22)17-7-13(21)9-3-4-11(15)12(16)5-9/h3-6,8,13,21H,2,7H2,1H3,(H2,17,19,22)/t13-/m1/s1. The van der Waals surface area contributed by atoms with E-state index >= 15 is 0 Å². The molecule has 22 heavy (non-hydrogen) atoms. The molecule has 0 radical (unpaired) electrons. The molecule has 2 amide bonds. The minimum Gasteiger partial charge on any atom is -0.387 e. The lowest BCUT2D eigenvalue weighted by molar-refractivity contribution is 0.174. The molecule has 1 heterocycles. The second-order valence-corrected chi connectivity index (χ2v) is 4.61. The van der Waals surface area contributed by atoms with Crippen LogP contribution in [0.5, 0.6) is 0 Å². The van der Waals surface area contributed by atoms with Crippen LogP contribution in [0.4, 0.5) is 19.3 Å². The van der Waals surface area contributed by atoms with E-state index in [2.05, 4.69) is 15.7 Å². The van der Waals surface area contributed by atoms with Gasteiger partial charge in [0.1, 0.15) is 0 Å². The zero-order valence-corrected chi connectivity index (χ0v) is 11.9. The van der Waals surface area contributed by atoms with E-state index in [4.69, 9.17) is 0 Å². The number of aromatic nitrogens is 2. The number of nitrogens with zero attached hydrogens (tertiary/aromatic N) is 2. The van der Waals surface area contributed by atoms with E-state index in [1.807, 2.05) is 6.92 Å². The topological polar surface area (TPSA) is 79.2 Å². The molecule has 1 aromatic heterocycles. The average Bonchev–Trinajstić information content (AvgIpc) is 2.95. The molecule has 6 nitrogen and oxygen atoms in total. The van der Waals surface area contributed by atoms with Gasteiger partial charge in [0.05, 0.1) is 18.0 Å². The first-order chi connectivity index (χ1) is 10.5. The van der Waals surface area contributed by atoms with Gasteiger partial charge in [0.2, 0.25) is 0 Å². The normalized spacial score (nSPS) is 12.0. The number of urea groups is 1. The Bertz CT molecular complexity index is 660. The van der Waals surface area contributed by atoms with Crippen molar-refractivity contribution in [1.82, 2.24) is 15.1 Å². The number of benzene rings is 1. The quantitative estimate of drug-likeness (QED) is 0.790. The first kappa shape index (κ1) is 15.9. The highest BCUT2D eigenvalue weighted by molar-refractivity contribution is 5.88. The van der Waals surface area contributed by atoms with Gasteiger partial charge >= 0.3 is 6.03 Å². The predicted octanol–water partition coefficient (Wildman–Crippen LogP) is 2.04. The Balaban J connectivity index is 1.85. The van der Waals surface area contributed by atoms with Crippen LogP contribution in [0.1, 0.15) is 18.6 Å². The van der Waals surface area contributed by atoms with Gasteiger partial charge in [-0.25, -0.2) is 13.6 Å². The van der Waals surface area contributed by atoms with Crippen LogP contribution in [0.25, 0.3) is 0 Å². The summed E-state index contributed by atoms with van der Waals surface area (Å²) in [6.45, 7) is 2.45. The van der Waals surface area contributed by atoms with Crippen LogP contribution in [-0.4, -0.2) is 27.5 Å². The predicted molar refractivity (Wildman–Crippen MR) is 76.2 cm³/mol. The number of anilines is 1. The number of aliphatic hydroxyl groups is 1. The molecule has 3 N–H and O–H groups in total. The lowest BCUT2D eigenvalue weighted by atomic mass is 10.1. The lowest BCUT2D eigenvalue weighted by Gasteiger charge is -2.12. The highest BCUT2D eigenvalue weighted by Crippen LogP contribution is 2.15. The van der Waals surface area contributed by atoms with Crippen LogP contribution < -0.4 is 10.6 Å². The fraction of sp³-hybridized carbons (Fsp3) is 0.286. The largest absolute Gasteiger partial charge is 0.387 e. The third kappa shape index (κ3) is 4.01. The second kappa shape index (κ2) is 6.99. The van der Waals surface area contributed by atoms with Crippen molar-refractivity contribution >= 4 is 11.7 Å². The van der Waals surface area contributed by atoms with Crippen LogP contribution in [0.15, 0.2) is 30.6 Å². The maximum absolute atomic E-state index is 13.1. The van der Waals surface area contributed by atoms with E-state index in [0.29, 0.717) is 12.2 Å². The summed E-state index contributed by atoms with van der Waals surface area (Å²) in [5.41, 5.74) is 0.694. The molecular formula is C14H16F2N4O2. The maximum atomic E-state index is 13.1. The van der Waals surface area contributed by atoms with Crippen LogP contribution >= 0.6 is 0 Å². The highest BCUT2D eigenvalue weighted by Gasteiger charge is 2.12. The zero-order valence-electron chi connectivity index (χ0n) is 11.9. The summed E-state index contributed by atoms with van der Waals surface area (Å²) < 4.78 is 27.5. The molecule has 0 spiro atoms. The van der Waals surface area contributed by atoms with Crippen molar-refractivity contribution in [1.29, 1.82) is 0 Å². The van der Waals surface area contributed by atoms with E-state index in [9.17, 15) is 18.7 Å². The van der Waals surface area contributed by atoms with Gasteiger partial charge in [0.25, 0.3) is 0 Å². The molecular weight excluding hydrogens is 294 g/mol. The Hall–Kier alpha value is -2.48. The molecule has 0 aliphatic carbocycles. The van der Waals surface area contributed by atoms with E-state index in [-0.39, 0.29) is 12.1 Å². The Kier molecular flexibility index (Phi) is 5.05. The van der Waals surface area contributed by atoms with Crippen molar-refractivity contribution in [3.05, 3.63) is 47.8 Å². The molecule has 0 unspecified atom stereocenters. The summed E-state index contributed by atoms with van der Waals surface area (Å²) >= 11 is 0. The number of nitrogens with one attached hydrogen (secondary N) is 2. The molecule has 1 atom stereocenters. The first-order valence-electron chi connectivity index (χ1n) is 6.70. The Morgan fingerprint density at radius 1 is 1.41 bits per heavy atom. The van der Waals surface area contributed by atoms with Crippen molar-refractivity contribution in [2.24, 2.45) is 0 Å². The Morgan fingerprint density at radius 3 is 2.82 bits per heavy atom. The van der Waals surface area contributed by atoms with Crippen molar-refractivity contribution in [3.8, 4) is 0 Å². The van der Waals surface area contributed by atoms with Gasteiger partial charge in [-0.2, -0.15) is 5.10 Å². The average molecular weight is 310 g/mol. The monoisotopic (exact) mass is 310 g/mol. The van der Waals surface area contributed by atoms with Crippen molar-refractivity contribution in [3.63, 3.8) is 0 Å². The number of carbonyl (C=O) groups excluding carboxylic acids is 1. The molecule has 0 fully saturated rings. The summed E-state index contributed by atoms with van der Waals surface area (Å²) in [6.07, 6.45) is 2.01. The number of rotatable bonds is 5. The summed E-state index contributed by atoms with van der Waals surface area (Å²) in [4.78, 5) is 11.7. The van der Waals surface area contributed by atoms with Gasteiger partial charge in [-0.1, -0.05) is 6.07 Å². The summed E-state index contributed by atoms with van der Waals surface area (Å²) in [5, 5.41) is 18.8. The number of carbonyl (C=O) groups is 1. The molecule has 0 aliphatic rings. The summed E-state index contributed by atoms with van der Waals surface area (Å²) in [6, 6.07) is 2.55. The van der Waals surface area contributed by atoms with Gasteiger partial charge in [0.15, 0.2) is 11.6 Å². The number of amides is 2. The van der Waals surface area contributed by atoms with Crippen molar-refractivity contribution in [2.75, 3.05) is 11.9 Å². The third-order valence-electron chi connectivity index (χ3n) is 3.00. The number of hydrogen-bond donors (Lipinski definition) is 3. The third-order valence-corrected chi connectivity index (χ3v) is 3.00. The fourth-order valence-electron chi connectivity index (χ4n) is 1.80. The smallest absolute Gasteiger partial charge is 0.319 e. The van der Waals surface area contributed by atoms with Crippen molar-refractivity contribution < 1.29 is 18.7 Å². The minimum atomic E-state index is -1.14.